The number of rotatable bonds is 8. The van der Waals surface area contributed by atoms with Crippen LogP contribution in [0, 0.1) is 5.82 Å². The van der Waals surface area contributed by atoms with Crippen molar-refractivity contribution in [3.05, 3.63) is 97.2 Å². The number of carbonyl (C=O) groups excluding carboxylic acids is 1. The van der Waals surface area contributed by atoms with Crippen molar-refractivity contribution in [2.45, 2.75) is 17.9 Å². The Morgan fingerprint density at radius 3 is 2.62 bits per heavy atom. The average Bonchev–Trinajstić information content (AvgIpc) is 3.32. The summed E-state index contributed by atoms with van der Waals surface area (Å²) in [6, 6.07) is 12.5. The van der Waals surface area contributed by atoms with E-state index in [1.807, 2.05) is 17.5 Å². The highest BCUT2D eigenvalue weighted by Gasteiger charge is 2.20. The molecular weight excluding hydrogens is 501 g/mol. The molecule has 0 aliphatic carbocycles. The topological polar surface area (TPSA) is 108 Å². The molecule has 3 N–H and O–H groups in total. The molecule has 2 heterocycles. The first-order valence-electron chi connectivity index (χ1n) is 10.1. The summed E-state index contributed by atoms with van der Waals surface area (Å²) in [5.41, 5.74) is -0.460. The Balaban J connectivity index is 1.57. The Hall–Kier alpha value is -3.05. The van der Waals surface area contributed by atoms with Crippen molar-refractivity contribution in [2.24, 2.45) is 0 Å². The van der Waals surface area contributed by atoms with E-state index in [1.165, 1.54) is 11.3 Å². The van der Waals surface area contributed by atoms with Gasteiger partial charge in [0.1, 0.15) is 11.4 Å². The second-order valence-electron chi connectivity index (χ2n) is 7.40. The van der Waals surface area contributed by atoms with Gasteiger partial charge >= 0.3 is 0 Å². The van der Waals surface area contributed by atoms with Gasteiger partial charge in [0, 0.05) is 29.2 Å². The maximum Gasteiger partial charge on any atom is 0.257 e. The van der Waals surface area contributed by atoms with Gasteiger partial charge in [-0.15, -0.1) is 11.3 Å². The molecule has 1 amide bonds. The molecule has 0 bridgehead atoms. The molecule has 0 unspecified atom stereocenters. The lowest BCUT2D eigenvalue weighted by molar-refractivity contribution is 0.0949. The normalized spacial score (nSPS) is 11.6. The number of amides is 1. The maximum absolute atomic E-state index is 14.7. The Morgan fingerprint density at radius 2 is 1.91 bits per heavy atom. The van der Waals surface area contributed by atoms with Crippen LogP contribution in [-0.2, 0) is 23.0 Å². The smallest absolute Gasteiger partial charge is 0.257 e. The number of benzene rings is 2. The first-order valence-corrected chi connectivity index (χ1v) is 12.9. The highest BCUT2D eigenvalue weighted by molar-refractivity contribution is 7.89. The Kier molecular flexibility index (Phi) is 7.13. The van der Waals surface area contributed by atoms with E-state index in [0.29, 0.717) is 11.4 Å². The van der Waals surface area contributed by atoms with Gasteiger partial charge in [0.05, 0.1) is 15.8 Å². The van der Waals surface area contributed by atoms with Gasteiger partial charge in [-0.3, -0.25) is 9.59 Å². The van der Waals surface area contributed by atoms with Crippen molar-refractivity contribution in [1.29, 1.82) is 0 Å². The predicted molar refractivity (Wildman–Crippen MR) is 130 cm³/mol. The Labute approximate surface area is 203 Å². The van der Waals surface area contributed by atoms with Crippen molar-refractivity contribution < 1.29 is 17.6 Å². The quantitative estimate of drug-likeness (QED) is 0.329. The number of aromatic nitrogens is 1. The van der Waals surface area contributed by atoms with Gasteiger partial charge < -0.3 is 10.3 Å². The highest BCUT2D eigenvalue weighted by atomic mass is 35.5. The lowest BCUT2D eigenvalue weighted by Gasteiger charge is -2.10. The molecule has 0 spiro atoms. The zero-order valence-electron chi connectivity index (χ0n) is 17.6. The van der Waals surface area contributed by atoms with Crippen LogP contribution in [0.3, 0.4) is 0 Å². The van der Waals surface area contributed by atoms with Crippen LogP contribution in [0.1, 0.15) is 20.8 Å². The van der Waals surface area contributed by atoms with Crippen LogP contribution in [-0.4, -0.2) is 25.9 Å². The fourth-order valence-electron chi connectivity index (χ4n) is 3.31. The molecule has 11 heteroatoms. The number of nitrogens with one attached hydrogen (secondary N) is 3. The van der Waals surface area contributed by atoms with Gasteiger partial charge in [0.25, 0.3) is 5.91 Å². The summed E-state index contributed by atoms with van der Waals surface area (Å²) in [5.74, 6) is -1.60. The number of hydrogen-bond donors (Lipinski definition) is 3. The zero-order chi connectivity index (χ0) is 24.3. The molecule has 0 radical (unpaired) electrons. The molecule has 0 aliphatic heterocycles. The number of thiophene rings is 1. The number of pyridine rings is 1. The summed E-state index contributed by atoms with van der Waals surface area (Å²) < 4.78 is 42.5. The van der Waals surface area contributed by atoms with E-state index in [1.54, 1.807) is 24.3 Å². The summed E-state index contributed by atoms with van der Waals surface area (Å²) in [6.07, 6.45) is 1.59. The third-order valence-electron chi connectivity index (χ3n) is 5.08. The standard InChI is InChI=1S/C23H19ClFN3O4S2/c24-15-5-3-14(4-6-15)12-27-23(30)19-13-26-21-18(22(19)29)10-17(11-20(21)25)34(31,32)28-8-7-16-2-1-9-33-16/h1-6,9-11,13,28H,7-8,12H2,(H,26,29)(H,27,30). The average molecular weight is 520 g/mol. The summed E-state index contributed by atoms with van der Waals surface area (Å²) in [4.78, 5) is 28.7. The summed E-state index contributed by atoms with van der Waals surface area (Å²) in [5, 5.41) is 4.82. The molecular formula is C23H19ClFN3O4S2. The molecule has 0 saturated carbocycles. The molecule has 0 aliphatic rings. The molecule has 4 aromatic rings. The third-order valence-corrected chi connectivity index (χ3v) is 7.71. The zero-order valence-corrected chi connectivity index (χ0v) is 20.0. The van der Waals surface area contributed by atoms with Gasteiger partial charge in [-0.1, -0.05) is 29.8 Å². The second kappa shape index (κ2) is 10.1. The molecule has 2 aromatic carbocycles. The second-order valence-corrected chi connectivity index (χ2v) is 10.6. The van der Waals surface area contributed by atoms with E-state index in [0.717, 1.165) is 28.8 Å². The van der Waals surface area contributed by atoms with Crippen molar-refractivity contribution >= 4 is 49.8 Å². The van der Waals surface area contributed by atoms with Gasteiger partial charge in [0.15, 0.2) is 0 Å². The summed E-state index contributed by atoms with van der Waals surface area (Å²) in [7, 11) is -4.08. The maximum atomic E-state index is 14.7. The SMILES string of the molecule is O=C(NCc1ccc(Cl)cc1)c1c[nH]c2c(F)cc(S(=O)(=O)NCCc3cccs3)cc2c1=O. The molecule has 176 valence electrons. The van der Waals surface area contributed by atoms with Crippen LogP contribution in [0.2, 0.25) is 5.02 Å². The number of sulfonamides is 1. The Morgan fingerprint density at radius 1 is 1.15 bits per heavy atom. The van der Waals surface area contributed by atoms with Gasteiger partial charge in [-0.2, -0.15) is 0 Å². The predicted octanol–water partition coefficient (Wildman–Crippen LogP) is 3.83. The molecule has 2 aromatic heterocycles. The van der Waals surface area contributed by atoms with E-state index in [4.69, 9.17) is 11.6 Å². The van der Waals surface area contributed by atoms with Crippen LogP contribution in [0.15, 0.2) is 69.8 Å². The molecule has 34 heavy (non-hydrogen) atoms. The van der Waals surface area contributed by atoms with Crippen LogP contribution in [0.25, 0.3) is 10.9 Å². The number of halogens is 2. The minimum Gasteiger partial charge on any atom is -0.358 e. The number of fused-ring (bicyclic) bond motifs is 1. The highest BCUT2D eigenvalue weighted by Crippen LogP contribution is 2.20. The van der Waals surface area contributed by atoms with Gasteiger partial charge in [-0.25, -0.2) is 17.5 Å². The van der Waals surface area contributed by atoms with E-state index < -0.39 is 32.1 Å². The Bertz CT molecular complexity index is 1500. The molecule has 0 atom stereocenters. The van der Waals surface area contributed by atoms with Gasteiger partial charge in [0.2, 0.25) is 15.5 Å². The third kappa shape index (κ3) is 5.36. The molecule has 0 saturated heterocycles. The number of H-pyrrole nitrogens is 1. The summed E-state index contributed by atoms with van der Waals surface area (Å²) in [6.45, 7) is 0.260. The molecule has 4 rings (SSSR count). The lowest BCUT2D eigenvalue weighted by atomic mass is 10.1. The number of hydrogen-bond acceptors (Lipinski definition) is 5. The molecule has 0 fully saturated rings. The first kappa shape index (κ1) is 24.1. The van der Waals surface area contributed by atoms with Crippen LogP contribution in [0.4, 0.5) is 4.39 Å². The van der Waals surface area contributed by atoms with Crippen molar-refractivity contribution in [1.82, 2.24) is 15.0 Å². The van der Waals surface area contributed by atoms with Gasteiger partial charge in [-0.05, 0) is 47.7 Å². The minimum atomic E-state index is -4.08. The minimum absolute atomic E-state index is 0.117. The fourth-order valence-corrected chi connectivity index (χ4v) is 5.22. The number of aromatic amines is 1. The van der Waals surface area contributed by atoms with Crippen molar-refractivity contribution in [3.63, 3.8) is 0 Å². The van der Waals surface area contributed by atoms with E-state index >= 15 is 0 Å². The monoisotopic (exact) mass is 519 g/mol. The fraction of sp³-hybridized carbons (Fsp3) is 0.130. The number of carbonyl (C=O) groups is 1. The van der Waals surface area contributed by atoms with E-state index in [2.05, 4.69) is 15.0 Å². The molecule has 7 nitrogen and oxygen atoms in total. The lowest BCUT2D eigenvalue weighted by Crippen LogP contribution is -2.29. The van der Waals surface area contributed by atoms with Crippen LogP contribution >= 0.6 is 22.9 Å². The van der Waals surface area contributed by atoms with Crippen molar-refractivity contribution in [2.75, 3.05) is 6.54 Å². The first-order chi connectivity index (χ1) is 16.2. The van der Waals surface area contributed by atoms with Crippen LogP contribution < -0.4 is 15.5 Å². The van der Waals surface area contributed by atoms with Crippen molar-refractivity contribution in [3.8, 4) is 0 Å². The van der Waals surface area contributed by atoms with E-state index in [9.17, 15) is 22.4 Å². The van der Waals surface area contributed by atoms with E-state index in [-0.39, 0.29) is 29.6 Å². The largest absolute Gasteiger partial charge is 0.358 e. The summed E-state index contributed by atoms with van der Waals surface area (Å²) >= 11 is 7.34. The van der Waals surface area contributed by atoms with Crippen LogP contribution in [0.5, 0.6) is 0 Å².